The van der Waals surface area contributed by atoms with E-state index in [1.165, 1.54) is 58.1 Å². The van der Waals surface area contributed by atoms with E-state index < -0.39 is 17.7 Å². The predicted octanol–water partition coefficient (Wildman–Crippen LogP) is 4.87. The fraction of sp³-hybridized carbons (Fsp3) is 0.115. The number of amides is 1. The minimum atomic E-state index is -0.992. The summed E-state index contributed by atoms with van der Waals surface area (Å²) < 4.78 is 0.635. The smallest absolute Gasteiger partial charge is 0.301 e. The third-order valence-electron chi connectivity index (χ3n) is 5.67. The zero-order valence-electron chi connectivity index (χ0n) is 19.0. The fourth-order valence-corrected chi connectivity index (χ4v) is 5.72. The van der Waals surface area contributed by atoms with Crippen molar-refractivity contribution >= 4 is 45.7 Å². The Balaban J connectivity index is 1.53. The molecule has 1 amide bonds. The lowest BCUT2D eigenvalue weighted by atomic mass is 9.95. The number of thioether (sulfide) groups is 1. The number of rotatable bonds is 6. The van der Waals surface area contributed by atoms with Crippen LogP contribution in [-0.2, 0) is 15.3 Å². The molecule has 1 fully saturated rings. The molecule has 10 heteroatoms. The number of aromatic nitrogens is 3. The van der Waals surface area contributed by atoms with Gasteiger partial charge in [0.05, 0.1) is 11.6 Å². The minimum Gasteiger partial charge on any atom is -0.508 e. The summed E-state index contributed by atoms with van der Waals surface area (Å²) in [6.07, 6.45) is 2.97. The second kappa shape index (κ2) is 9.92. The van der Waals surface area contributed by atoms with Crippen LogP contribution in [0.5, 0.6) is 5.75 Å². The predicted molar refractivity (Wildman–Crippen MR) is 138 cm³/mol. The summed E-state index contributed by atoms with van der Waals surface area (Å²) in [5.74, 6) is -1.36. The van der Waals surface area contributed by atoms with Gasteiger partial charge >= 0.3 is 5.91 Å². The van der Waals surface area contributed by atoms with E-state index in [1.807, 2.05) is 31.2 Å². The molecule has 2 N–H and O–H groups in total. The Morgan fingerprint density at radius 3 is 2.53 bits per heavy atom. The molecule has 0 radical (unpaired) electrons. The lowest BCUT2D eigenvalue weighted by molar-refractivity contribution is -0.132. The van der Waals surface area contributed by atoms with Crippen LogP contribution in [-0.4, -0.2) is 37.1 Å². The third kappa shape index (κ3) is 4.60. The van der Waals surface area contributed by atoms with Crippen molar-refractivity contribution in [3.8, 4) is 5.75 Å². The highest BCUT2D eigenvalue weighted by Gasteiger charge is 2.48. The summed E-state index contributed by atoms with van der Waals surface area (Å²) in [5, 5.41) is 29.8. The van der Waals surface area contributed by atoms with Crippen LogP contribution in [0.4, 0.5) is 5.13 Å². The first-order valence-corrected chi connectivity index (χ1v) is 12.7. The second-order valence-corrected chi connectivity index (χ2v) is 10.3. The molecule has 8 nitrogen and oxygen atoms in total. The zero-order valence-corrected chi connectivity index (χ0v) is 20.7. The molecule has 1 aliphatic heterocycles. The Bertz CT molecular complexity index is 1470. The normalized spacial score (nSPS) is 17.0. The van der Waals surface area contributed by atoms with E-state index in [0.29, 0.717) is 21.2 Å². The number of aryl methyl sites for hydroxylation is 1. The van der Waals surface area contributed by atoms with Gasteiger partial charge in [-0.05, 0) is 42.3 Å². The Morgan fingerprint density at radius 2 is 1.81 bits per heavy atom. The van der Waals surface area contributed by atoms with E-state index in [-0.39, 0.29) is 22.2 Å². The summed E-state index contributed by atoms with van der Waals surface area (Å²) in [6, 6.07) is 16.5. The number of carbonyl (C=O) groups is 2. The number of benzene rings is 2. The van der Waals surface area contributed by atoms with E-state index in [2.05, 4.69) is 15.2 Å². The second-order valence-electron chi connectivity index (χ2n) is 8.12. The first kappa shape index (κ1) is 23.7. The summed E-state index contributed by atoms with van der Waals surface area (Å²) in [7, 11) is 0. The van der Waals surface area contributed by atoms with Gasteiger partial charge in [0, 0.05) is 23.7 Å². The van der Waals surface area contributed by atoms with Crippen LogP contribution in [0.1, 0.15) is 28.3 Å². The molecule has 0 spiro atoms. The van der Waals surface area contributed by atoms with Gasteiger partial charge in [-0.25, -0.2) is 0 Å². The van der Waals surface area contributed by atoms with Crippen LogP contribution < -0.4 is 4.90 Å². The molecule has 0 bridgehead atoms. The molecule has 2 aromatic carbocycles. The Morgan fingerprint density at radius 1 is 1.06 bits per heavy atom. The van der Waals surface area contributed by atoms with Gasteiger partial charge in [-0.1, -0.05) is 65.1 Å². The van der Waals surface area contributed by atoms with Crippen LogP contribution in [0.15, 0.2) is 83.0 Å². The Labute approximate surface area is 215 Å². The number of ketones is 1. The van der Waals surface area contributed by atoms with Crippen LogP contribution in [0.25, 0.3) is 5.76 Å². The molecule has 3 heterocycles. The number of hydrogen-bond acceptors (Lipinski definition) is 9. The number of carbonyl (C=O) groups excluding carboxylic acids is 2. The number of aromatic hydroxyl groups is 1. The summed E-state index contributed by atoms with van der Waals surface area (Å²) in [6.45, 7) is 2.03. The molecule has 180 valence electrons. The minimum absolute atomic E-state index is 0.0337. The maximum absolute atomic E-state index is 13.2. The number of pyridine rings is 1. The highest BCUT2D eigenvalue weighted by molar-refractivity contribution is 8.00. The lowest BCUT2D eigenvalue weighted by Crippen LogP contribution is -2.29. The van der Waals surface area contributed by atoms with Crippen molar-refractivity contribution in [3.63, 3.8) is 0 Å². The Hall–Kier alpha value is -4.02. The topological polar surface area (TPSA) is 117 Å². The van der Waals surface area contributed by atoms with Crippen LogP contribution in [0, 0.1) is 6.92 Å². The number of hydrogen-bond donors (Lipinski definition) is 2. The standard InChI is InChI=1S/C26H20N4O4S2/c1-15-5-7-16(8-6-15)14-35-26-29-28-25(36-26)30-21(18-3-2-4-19(31)13-18)20(23(33)24(30)34)22(32)17-9-11-27-12-10-17/h2-13,21,31-32H,14H2,1H3. The number of phenolic OH excluding ortho intramolecular Hbond substituents is 1. The summed E-state index contributed by atoms with van der Waals surface area (Å²) in [4.78, 5) is 31.6. The van der Waals surface area contributed by atoms with Gasteiger partial charge in [0.25, 0.3) is 5.78 Å². The summed E-state index contributed by atoms with van der Waals surface area (Å²) >= 11 is 2.67. The SMILES string of the molecule is Cc1ccc(CSc2nnc(N3C(=O)C(=O)C(=C(O)c4ccncc4)C3c3cccc(O)c3)s2)cc1. The molecule has 0 saturated carbocycles. The average Bonchev–Trinajstić information content (AvgIpc) is 3.46. The number of phenols is 1. The van der Waals surface area contributed by atoms with Gasteiger partial charge in [-0.2, -0.15) is 0 Å². The molecule has 0 aliphatic carbocycles. The number of aliphatic hydroxyl groups is 1. The number of nitrogens with zero attached hydrogens (tertiary/aromatic N) is 4. The highest BCUT2D eigenvalue weighted by atomic mass is 32.2. The quantitative estimate of drug-likeness (QED) is 0.123. The highest BCUT2D eigenvalue weighted by Crippen LogP contribution is 2.44. The van der Waals surface area contributed by atoms with Gasteiger partial charge < -0.3 is 10.2 Å². The van der Waals surface area contributed by atoms with Gasteiger partial charge in [-0.3, -0.25) is 19.5 Å². The molecule has 1 atom stereocenters. The van der Waals surface area contributed by atoms with Crippen LogP contribution >= 0.6 is 23.1 Å². The van der Waals surface area contributed by atoms with Crippen molar-refractivity contribution in [2.75, 3.05) is 4.90 Å². The van der Waals surface area contributed by atoms with E-state index in [0.717, 1.165) is 5.56 Å². The summed E-state index contributed by atoms with van der Waals surface area (Å²) in [5.41, 5.74) is 3.01. The molecule has 2 aromatic heterocycles. The van der Waals surface area contributed by atoms with E-state index in [4.69, 9.17) is 0 Å². The molecular weight excluding hydrogens is 496 g/mol. The number of aliphatic hydroxyl groups excluding tert-OH is 1. The van der Waals surface area contributed by atoms with Crippen molar-refractivity contribution in [2.45, 2.75) is 23.1 Å². The lowest BCUT2D eigenvalue weighted by Gasteiger charge is -2.22. The van der Waals surface area contributed by atoms with Crippen molar-refractivity contribution in [1.82, 2.24) is 15.2 Å². The number of anilines is 1. The number of Topliss-reactive ketones (excluding diaryl/α,β-unsaturated/α-hetero) is 1. The van der Waals surface area contributed by atoms with Crippen molar-refractivity contribution in [1.29, 1.82) is 0 Å². The van der Waals surface area contributed by atoms with Crippen LogP contribution in [0.3, 0.4) is 0 Å². The van der Waals surface area contributed by atoms with Gasteiger partial charge in [0.1, 0.15) is 11.5 Å². The molecule has 1 unspecified atom stereocenters. The molecule has 36 heavy (non-hydrogen) atoms. The first-order valence-electron chi connectivity index (χ1n) is 10.9. The molecule has 1 saturated heterocycles. The van der Waals surface area contributed by atoms with E-state index in [9.17, 15) is 19.8 Å². The average molecular weight is 517 g/mol. The van der Waals surface area contributed by atoms with Crippen LogP contribution in [0.2, 0.25) is 0 Å². The van der Waals surface area contributed by atoms with E-state index in [1.54, 1.807) is 24.3 Å². The van der Waals surface area contributed by atoms with Gasteiger partial charge in [0.2, 0.25) is 5.13 Å². The van der Waals surface area contributed by atoms with Crippen molar-refractivity contribution in [2.24, 2.45) is 0 Å². The maximum Gasteiger partial charge on any atom is 0.301 e. The molecule has 1 aliphatic rings. The van der Waals surface area contributed by atoms with E-state index >= 15 is 0 Å². The van der Waals surface area contributed by atoms with Crippen molar-refractivity contribution in [3.05, 3.63) is 101 Å². The monoisotopic (exact) mass is 516 g/mol. The van der Waals surface area contributed by atoms with Crippen molar-refractivity contribution < 1.29 is 19.8 Å². The Kier molecular flexibility index (Phi) is 6.53. The third-order valence-corrected chi connectivity index (χ3v) is 7.80. The maximum atomic E-state index is 13.2. The molecule has 5 rings (SSSR count). The van der Waals surface area contributed by atoms with Gasteiger partial charge in [0.15, 0.2) is 4.34 Å². The van der Waals surface area contributed by atoms with Gasteiger partial charge in [-0.15, -0.1) is 10.2 Å². The molecule has 4 aromatic rings. The zero-order chi connectivity index (χ0) is 25.2. The molecular formula is C26H20N4O4S2. The first-order chi connectivity index (χ1) is 17.4. The fourth-order valence-electron chi connectivity index (χ4n) is 3.89. The largest absolute Gasteiger partial charge is 0.508 e.